The van der Waals surface area contributed by atoms with Crippen LogP contribution in [0.5, 0.6) is 0 Å². The lowest BCUT2D eigenvalue weighted by molar-refractivity contribution is 0.151. The second kappa shape index (κ2) is 7.73. The number of aromatic nitrogens is 3. The number of carbonyl (C=O) groups excluding carboxylic acids is 1. The van der Waals surface area contributed by atoms with Crippen molar-refractivity contribution in [2.24, 2.45) is 0 Å². The normalized spacial score (nSPS) is 18.9. The molecule has 1 saturated heterocycles. The molecule has 1 atom stereocenters. The molecule has 2 rings (SSSR count). The molecule has 0 radical (unpaired) electrons. The quantitative estimate of drug-likeness (QED) is 0.750. The molecule has 130 valence electrons. The van der Waals surface area contributed by atoms with Gasteiger partial charge < -0.3 is 14.8 Å². The third kappa shape index (κ3) is 5.17. The van der Waals surface area contributed by atoms with E-state index in [0.29, 0.717) is 18.9 Å². The minimum Gasteiger partial charge on any atom is -0.331 e. The Hall–Kier alpha value is -1.68. The van der Waals surface area contributed by atoms with Gasteiger partial charge in [-0.25, -0.2) is 17.9 Å². The maximum atomic E-state index is 12.4. The van der Waals surface area contributed by atoms with E-state index in [1.54, 1.807) is 11.2 Å². The number of nitrogens with one attached hydrogen (secondary N) is 2. The van der Waals surface area contributed by atoms with Crippen molar-refractivity contribution in [1.82, 2.24) is 29.7 Å². The molecule has 9 nitrogen and oxygen atoms in total. The van der Waals surface area contributed by atoms with Crippen LogP contribution in [0.25, 0.3) is 0 Å². The number of amides is 2. The molecule has 0 aromatic carbocycles. The van der Waals surface area contributed by atoms with Crippen LogP contribution in [0.1, 0.15) is 32.0 Å². The number of urea groups is 1. The number of aryl methyl sites for hydroxylation is 1. The summed E-state index contributed by atoms with van der Waals surface area (Å²) >= 11 is 0. The van der Waals surface area contributed by atoms with Gasteiger partial charge in [0.1, 0.15) is 6.33 Å². The SMILES string of the molecule is CCn1cnnc1CNC(=O)N1CCCC[C@H]1CNS(C)(=O)=O. The highest BCUT2D eigenvalue weighted by atomic mass is 32.2. The molecule has 2 heterocycles. The van der Waals surface area contributed by atoms with E-state index in [0.717, 1.165) is 32.1 Å². The Balaban J connectivity index is 1.92. The summed E-state index contributed by atoms with van der Waals surface area (Å²) in [6, 6.07) is -0.321. The Morgan fingerprint density at radius 3 is 2.91 bits per heavy atom. The average Bonchev–Trinajstić information content (AvgIpc) is 2.97. The first-order chi connectivity index (χ1) is 10.9. The van der Waals surface area contributed by atoms with Crippen LogP contribution in [0.4, 0.5) is 4.79 Å². The Bertz CT molecular complexity index is 629. The van der Waals surface area contributed by atoms with Crippen LogP contribution < -0.4 is 10.0 Å². The smallest absolute Gasteiger partial charge is 0.318 e. The molecule has 1 aliphatic heterocycles. The molecule has 23 heavy (non-hydrogen) atoms. The molecule has 1 aromatic rings. The van der Waals surface area contributed by atoms with Gasteiger partial charge in [-0.3, -0.25) is 0 Å². The molecule has 2 amide bonds. The third-order valence-electron chi connectivity index (χ3n) is 3.90. The first-order valence-electron chi connectivity index (χ1n) is 7.76. The molecule has 1 fully saturated rings. The zero-order valence-corrected chi connectivity index (χ0v) is 14.3. The highest BCUT2D eigenvalue weighted by Crippen LogP contribution is 2.16. The number of carbonyl (C=O) groups is 1. The summed E-state index contributed by atoms with van der Waals surface area (Å²) in [6.07, 6.45) is 5.46. The van der Waals surface area contributed by atoms with Crippen molar-refractivity contribution >= 4 is 16.1 Å². The summed E-state index contributed by atoms with van der Waals surface area (Å²) in [5, 5.41) is 10.6. The maximum Gasteiger partial charge on any atom is 0.318 e. The Labute approximate surface area is 136 Å². The number of likely N-dealkylation sites (tertiary alicyclic amines) is 1. The van der Waals surface area contributed by atoms with Gasteiger partial charge in [-0.2, -0.15) is 0 Å². The van der Waals surface area contributed by atoms with E-state index < -0.39 is 10.0 Å². The van der Waals surface area contributed by atoms with Crippen molar-refractivity contribution in [3.05, 3.63) is 12.2 Å². The molecule has 0 saturated carbocycles. The number of piperidine rings is 1. The lowest BCUT2D eigenvalue weighted by Gasteiger charge is -2.35. The third-order valence-corrected chi connectivity index (χ3v) is 4.59. The molecule has 2 N–H and O–H groups in total. The van der Waals surface area contributed by atoms with Gasteiger partial charge in [0.05, 0.1) is 12.8 Å². The van der Waals surface area contributed by atoms with Crippen molar-refractivity contribution in [1.29, 1.82) is 0 Å². The van der Waals surface area contributed by atoms with Gasteiger partial charge in [0.2, 0.25) is 10.0 Å². The van der Waals surface area contributed by atoms with Crippen molar-refractivity contribution < 1.29 is 13.2 Å². The standard InChI is InChI=1S/C13H24N6O3S/c1-3-18-10-15-17-12(18)9-14-13(20)19-7-5-4-6-11(19)8-16-23(2,21)22/h10-11,16H,3-9H2,1-2H3,(H,14,20)/t11-/m0/s1. The van der Waals surface area contributed by atoms with Gasteiger partial charge in [-0.15, -0.1) is 10.2 Å². The summed E-state index contributed by atoms with van der Waals surface area (Å²) < 4.78 is 26.9. The van der Waals surface area contributed by atoms with Crippen LogP contribution in [0.2, 0.25) is 0 Å². The highest BCUT2D eigenvalue weighted by Gasteiger charge is 2.27. The van der Waals surface area contributed by atoms with Crippen LogP contribution >= 0.6 is 0 Å². The zero-order chi connectivity index (χ0) is 16.9. The Kier molecular flexibility index (Phi) is 5.94. The fraction of sp³-hybridized carbons (Fsp3) is 0.769. The maximum absolute atomic E-state index is 12.4. The first-order valence-corrected chi connectivity index (χ1v) is 9.65. The van der Waals surface area contributed by atoms with Gasteiger partial charge in [0.15, 0.2) is 5.82 Å². The van der Waals surface area contributed by atoms with Gasteiger partial charge in [-0.1, -0.05) is 0 Å². The van der Waals surface area contributed by atoms with Crippen LogP contribution in [-0.4, -0.2) is 59.5 Å². The molecule has 1 aliphatic rings. The zero-order valence-electron chi connectivity index (χ0n) is 13.5. The Morgan fingerprint density at radius 1 is 1.43 bits per heavy atom. The van der Waals surface area contributed by atoms with Crippen molar-refractivity contribution in [3.63, 3.8) is 0 Å². The minimum atomic E-state index is -3.26. The number of sulfonamides is 1. The van der Waals surface area contributed by atoms with Crippen molar-refractivity contribution in [3.8, 4) is 0 Å². The fourth-order valence-electron chi connectivity index (χ4n) is 2.66. The van der Waals surface area contributed by atoms with E-state index in [4.69, 9.17) is 0 Å². The molecule has 10 heteroatoms. The van der Waals surface area contributed by atoms with Gasteiger partial charge in [-0.05, 0) is 26.2 Å². The molecular formula is C13H24N6O3S. The Morgan fingerprint density at radius 2 is 2.22 bits per heavy atom. The topological polar surface area (TPSA) is 109 Å². The van der Waals surface area contributed by atoms with Crippen molar-refractivity contribution in [2.75, 3.05) is 19.3 Å². The fourth-order valence-corrected chi connectivity index (χ4v) is 3.16. The summed E-state index contributed by atoms with van der Waals surface area (Å²) in [7, 11) is -3.26. The lowest BCUT2D eigenvalue weighted by Crippen LogP contribution is -2.52. The molecule has 0 unspecified atom stereocenters. The van der Waals surface area contributed by atoms with Gasteiger partial charge in [0, 0.05) is 25.7 Å². The first kappa shape index (κ1) is 17.7. The number of hydrogen-bond acceptors (Lipinski definition) is 5. The van der Waals surface area contributed by atoms with Crippen molar-refractivity contribution in [2.45, 2.75) is 45.3 Å². The second-order valence-electron chi connectivity index (χ2n) is 5.66. The van der Waals surface area contributed by atoms with E-state index in [-0.39, 0.29) is 18.6 Å². The minimum absolute atomic E-state index is 0.123. The van der Waals surface area contributed by atoms with Crippen LogP contribution in [-0.2, 0) is 23.1 Å². The highest BCUT2D eigenvalue weighted by molar-refractivity contribution is 7.88. The van der Waals surface area contributed by atoms with E-state index in [9.17, 15) is 13.2 Å². The molecule has 0 aliphatic carbocycles. The monoisotopic (exact) mass is 344 g/mol. The molecule has 0 bridgehead atoms. The number of nitrogens with zero attached hydrogens (tertiary/aromatic N) is 4. The predicted molar refractivity (Wildman–Crippen MR) is 85.1 cm³/mol. The molecule has 1 aromatic heterocycles. The number of hydrogen-bond donors (Lipinski definition) is 2. The lowest BCUT2D eigenvalue weighted by atomic mass is 10.0. The second-order valence-corrected chi connectivity index (χ2v) is 7.49. The molecule has 0 spiro atoms. The van der Waals surface area contributed by atoms with Crippen LogP contribution in [0.3, 0.4) is 0 Å². The van der Waals surface area contributed by atoms with E-state index in [1.165, 1.54) is 0 Å². The number of rotatable bonds is 6. The van der Waals surface area contributed by atoms with E-state index in [2.05, 4.69) is 20.2 Å². The van der Waals surface area contributed by atoms with E-state index >= 15 is 0 Å². The van der Waals surface area contributed by atoms with Crippen LogP contribution in [0.15, 0.2) is 6.33 Å². The largest absolute Gasteiger partial charge is 0.331 e. The summed E-state index contributed by atoms with van der Waals surface area (Å²) in [5.74, 6) is 0.698. The molecular weight excluding hydrogens is 320 g/mol. The summed E-state index contributed by atoms with van der Waals surface area (Å²) in [4.78, 5) is 14.1. The van der Waals surface area contributed by atoms with E-state index in [1.807, 2.05) is 11.5 Å². The average molecular weight is 344 g/mol. The van der Waals surface area contributed by atoms with Crippen LogP contribution in [0, 0.1) is 0 Å². The van der Waals surface area contributed by atoms with Gasteiger partial charge in [0.25, 0.3) is 0 Å². The summed E-state index contributed by atoms with van der Waals surface area (Å²) in [5.41, 5.74) is 0. The predicted octanol–water partition coefficient (Wildman–Crippen LogP) is -0.0887. The van der Waals surface area contributed by atoms with Gasteiger partial charge >= 0.3 is 6.03 Å². The summed E-state index contributed by atoms with van der Waals surface area (Å²) in [6.45, 7) is 3.89.